The molecule has 82 valence electrons. The Bertz CT molecular complexity index is 485. The number of hydrogen-bond acceptors (Lipinski definition) is 3. The first-order valence-corrected chi connectivity index (χ1v) is 5.38. The molecular weight excluding hydrogens is 222 g/mol. The lowest BCUT2D eigenvalue weighted by atomic mass is 10.2. The molecule has 2 rings (SSSR count). The minimum absolute atomic E-state index is 0.538. The van der Waals surface area contributed by atoms with Crippen LogP contribution in [0, 0.1) is 6.92 Å². The molecule has 2 aromatic rings. The fraction of sp³-hybridized carbons (Fsp3) is 0.167. The third kappa shape index (κ3) is 2.70. The molecule has 0 aliphatic carbocycles. The Morgan fingerprint density at radius 2 is 2.25 bits per heavy atom. The highest BCUT2D eigenvalue weighted by atomic mass is 35.5. The highest BCUT2D eigenvalue weighted by molar-refractivity contribution is 6.30. The molecule has 0 bridgehead atoms. The van der Waals surface area contributed by atoms with Gasteiger partial charge in [-0.25, -0.2) is 4.98 Å². The summed E-state index contributed by atoms with van der Waals surface area (Å²) in [5.74, 6) is 0. The first-order chi connectivity index (χ1) is 7.75. The van der Waals surface area contributed by atoms with E-state index in [2.05, 4.69) is 15.3 Å². The van der Waals surface area contributed by atoms with Crippen LogP contribution < -0.4 is 5.32 Å². The summed E-state index contributed by atoms with van der Waals surface area (Å²) in [6, 6.07) is 5.86. The summed E-state index contributed by atoms with van der Waals surface area (Å²) in [4.78, 5) is 8.13. The first-order valence-electron chi connectivity index (χ1n) is 5.00. The van der Waals surface area contributed by atoms with Crippen LogP contribution in [0.25, 0.3) is 0 Å². The maximum absolute atomic E-state index is 5.96. The van der Waals surface area contributed by atoms with Crippen LogP contribution in [0.15, 0.2) is 36.8 Å². The monoisotopic (exact) mass is 233 g/mol. The van der Waals surface area contributed by atoms with E-state index in [1.165, 1.54) is 0 Å². The lowest BCUT2D eigenvalue weighted by Crippen LogP contribution is -2.01. The van der Waals surface area contributed by atoms with Crippen molar-refractivity contribution < 1.29 is 0 Å². The lowest BCUT2D eigenvalue weighted by Gasteiger charge is -2.07. The van der Waals surface area contributed by atoms with Gasteiger partial charge in [-0.05, 0) is 24.6 Å². The lowest BCUT2D eigenvalue weighted by molar-refractivity contribution is 1.10. The predicted molar refractivity (Wildman–Crippen MR) is 65.5 cm³/mol. The Hall–Kier alpha value is -1.61. The van der Waals surface area contributed by atoms with Gasteiger partial charge in [0.15, 0.2) is 0 Å². The molecule has 4 heteroatoms. The van der Waals surface area contributed by atoms with E-state index < -0.39 is 0 Å². The van der Waals surface area contributed by atoms with Gasteiger partial charge in [-0.1, -0.05) is 17.7 Å². The summed E-state index contributed by atoms with van der Waals surface area (Å²) < 4.78 is 0. The van der Waals surface area contributed by atoms with Crippen molar-refractivity contribution in [3.8, 4) is 0 Å². The van der Waals surface area contributed by atoms with E-state index in [0.29, 0.717) is 11.7 Å². The topological polar surface area (TPSA) is 37.8 Å². The second-order valence-corrected chi connectivity index (χ2v) is 3.92. The Balaban J connectivity index is 2.05. The molecule has 0 aliphatic rings. The zero-order chi connectivity index (χ0) is 11.4. The van der Waals surface area contributed by atoms with Gasteiger partial charge in [0.05, 0.1) is 5.69 Å². The Kier molecular flexibility index (Phi) is 3.37. The van der Waals surface area contributed by atoms with Crippen molar-refractivity contribution in [3.63, 3.8) is 0 Å². The molecule has 2 aromatic heterocycles. The fourth-order valence-electron chi connectivity index (χ4n) is 1.40. The summed E-state index contributed by atoms with van der Waals surface area (Å²) in [6.45, 7) is 2.66. The maximum atomic E-state index is 5.96. The maximum Gasteiger partial charge on any atom is 0.133 e. The molecule has 2 heterocycles. The van der Waals surface area contributed by atoms with E-state index in [0.717, 1.165) is 16.8 Å². The minimum atomic E-state index is 0.538. The summed E-state index contributed by atoms with van der Waals surface area (Å²) in [6.07, 6.45) is 5.29. The third-order valence-corrected chi connectivity index (χ3v) is 2.53. The van der Waals surface area contributed by atoms with Gasteiger partial charge in [0.2, 0.25) is 0 Å². The molecule has 0 fully saturated rings. The molecule has 0 saturated heterocycles. The van der Waals surface area contributed by atoms with Crippen molar-refractivity contribution in [3.05, 3.63) is 53.1 Å². The van der Waals surface area contributed by atoms with Crippen molar-refractivity contribution in [1.82, 2.24) is 9.97 Å². The average Bonchev–Trinajstić information content (AvgIpc) is 2.28. The second-order valence-electron chi connectivity index (χ2n) is 3.56. The van der Waals surface area contributed by atoms with Crippen LogP contribution in [0.1, 0.15) is 11.1 Å². The standard InChI is InChI=1S/C12H12ClN3/c1-9-5-11(8-14-6-9)16-7-10-3-2-4-15-12(10)13/h2-6,8,16H,7H2,1H3. The molecule has 0 aliphatic heterocycles. The number of nitrogens with one attached hydrogen (secondary N) is 1. The van der Waals surface area contributed by atoms with Gasteiger partial charge >= 0.3 is 0 Å². The molecule has 0 saturated carbocycles. The number of anilines is 1. The molecule has 0 atom stereocenters. The van der Waals surface area contributed by atoms with Gasteiger partial charge in [0.25, 0.3) is 0 Å². The van der Waals surface area contributed by atoms with Gasteiger partial charge in [-0.3, -0.25) is 4.98 Å². The summed E-state index contributed by atoms with van der Waals surface area (Å²) in [5, 5.41) is 3.79. The van der Waals surface area contributed by atoms with E-state index >= 15 is 0 Å². The Morgan fingerprint density at radius 1 is 1.38 bits per heavy atom. The largest absolute Gasteiger partial charge is 0.380 e. The molecule has 3 nitrogen and oxygen atoms in total. The quantitative estimate of drug-likeness (QED) is 0.828. The molecule has 1 N–H and O–H groups in total. The average molecular weight is 234 g/mol. The Morgan fingerprint density at radius 3 is 3.00 bits per heavy atom. The van der Waals surface area contributed by atoms with Gasteiger partial charge < -0.3 is 5.32 Å². The van der Waals surface area contributed by atoms with Crippen LogP contribution in [-0.2, 0) is 6.54 Å². The van der Waals surface area contributed by atoms with Crippen molar-refractivity contribution in [2.24, 2.45) is 0 Å². The van der Waals surface area contributed by atoms with Crippen LogP contribution >= 0.6 is 11.6 Å². The van der Waals surface area contributed by atoms with Crippen LogP contribution in [0.3, 0.4) is 0 Å². The number of halogens is 1. The van der Waals surface area contributed by atoms with Crippen molar-refractivity contribution in [2.75, 3.05) is 5.32 Å². The highest BCUT2D eigenvalue weighted by Gasteiger charge is 2.00. The summed E-state index contributed by atoms with van der Waals surface area (Å²) in [7, 11) is 0. The fourth-order valence-corrected chi connectivity index (χ4v) is 1.59. The molecular formula is C12H12ClN3. The van der Waals surface area contributed by atoms with Crippen LogP contribution in [-0.4, -0.2) is 9.97 Å². The van der Waals surface area contributed by atoms with E-state index in [1.807, 2.05) is 31.3 Å². The third-order valence-electron chi connectivity index (χ3n) is 2.19. The zero-order valence-corrected chi connectivity index (χ0v) is 9.70. The summed E-state index contributed by atoms with van der Waals surface area (Å²) in [5.41, 5.74) is 3.09. The normalized spacial score (nSPS) is 10.1. The van der Waals surface area contributed by atoms with E-state index in [-0.39, 0.29) is 0 Å². The zero-order valence-electron chi connectivity index (χ0n) is 8.94. The molecule has 0 unspecified atom stereocenters. The van der Waals surface area contributed by atoms with Crippen molar-refractivity contribution >= 4 is 17.3 Å². The second kappa shape index (κ2) is 4.94. The van der Waals surface area contributed by atoms with Crippen LogP contribution in [0.2, 0.25) is 5.15 Å². The SMILES string of the molecule is Cc1cncc(NCc2cccnc2Cl)c1. The van der Waals surface area contributed by atoms with Crippen LogP contribution in [0.4, 0.5) is 5.69 Å². The van der Waals surface area contributed by atoms with Crippen LogP contribution in [0.5, 0.6) is 0 Å². The smallest absolute Gasteiger partial charge is 0.133 e. The molecule has 16 heavy (non-hydrogen) atoms. The van der Waals surface area contributed by atoms with E-state index in [4.69, 9.17) is 11.6 Å². The molecule has 0 amide bonds. The van der Waals surface area contributed by atoms with Gasteiger partial charge in [-0.15, -0.1) is 0 Å². The number of pyridine rings is 2. The van der Waals surface area contributed by atoms with Crippen molar-refractivity contribution in [1.29, 1.82) is 0 Å². The number of aryl methyl sites for hydroxylation is 1. The number of hydrogen-bond donors (Lipinski definition) is 1. The molecule has 0 radical (unpaired) electrons. The number of aromatic nitrogens is 2. The summed E-state index contributed by atoms with van der Waals surface area (Å²) >= 11 is 5.96. The molecule has 0 spiro atoms. The van der Waals surface area contributed by atoms with E-state index in [9.17, 15) is 0 Å². The van der Waals surface area contributed by atoms with Crippen molar-refractivity contribution in [2.45, 2.75) is 13.5 Å². The number of rotatable bonds is 3. The Labute approximate surface area is 99.5 Å². The van der Waals surface area contributed by atoms with Gasteiger partial charge in [0, 0.05) is 30.7 Å². The minimum Gasteiger partial charge on any atom is -0.380 e. The van der Waals surface area contributed by atoms with E-state index in [1.54, 1.807) is 12.4 Å². The predicted octanol–water partition coefficient (Wildman–Crippen LogP) is 3.05. The number of nitrogens with zero attached hydrogens (tertiary/aromatic N) is 2. The first kappa shape index (κ1) is 10.9. The van der Waals surface area contributed by atoms with Gasteiger partial charge in [0.1, 0.15) is 5.15 Å². The highest BCUT2D eigenvalue weighted by Crippen LogP contribution is 2.14. The van der Waals surface area contributed by atoms with Gasteiger partial charge in [-0.2, -0.15) is 0 Å². The molecule has 0 aromatic carbocycles.